The molecule has 0 aliphatic rings. The molecule has 0 fully saturated rings. The monoisotopic (exact) mass is 243 g/mol. The number of aryl methyl sites for hydroxylation is 3. The van der Waals surface area contributed by atoms with E-state index in [0.717, 1.165) is 19.5 Å². The van der Waals surface area contributed by atoms with E-state index in [0.29, 0.717) is 0 Å². The zero-order chi connectivity index (χ0) is 13.0. The van der Waals surface area contributed by atoms with E-state index < -0.39 is 0 Å². The molecule has 0 atom stereocenters. The van der Waals surface area contributed by atoms with Gasteiger partial charge in [-0.1, -0.05) is 25.1 Å². The van der Waals surface area contributed by atoms with Gasteiger partial charge in [0.2, 0.25) is 0 Å². The third kappa shape index (κ3) is 2.73. The lowest BCUT2D eigenvalue weighted by atomic mass is 10.1. The van der Waals surface area contributed by atoms with Gasteiger partial charge in [0.05, 0.1) is 18.6 Å². The highest BCUT2D eigenvalue weighted by atomic mass is 15.1. The highest BCUT2D eigenvalue weighted by Gasteiger charge is 2.04. The van der Waals surface area contributed by atoms with Gasteiger partial charge >= 0.3 is 0 Å². The van der Waals surface area contributed by atoms with E-state index >= 15 is 0 Å². The lowest BCUT2D eigenvalue weighted by molar-refractivity contribution is 0.651. The van der Waals surface area contributed by atoms with Gasteiger partial charge < -0.3 is 9.88 Å². The van der Waals surface area contributed by atoms with E-state index in [9.17, 15) is 0 Å². The van der Waals surface area contributed by atoms with Crippen LogP contribution in [0.1, 0.15) is 30.2 Å². The Balaban J connectivity index is 2.09. The maximum absolute atomic E-state index is 4.22. The van der Waals surface area contributed by atoms with Crippen LogP contribution in [0.25, 0.3) is 0 Å². The molecule has 2 rings (SSSR count). The van der Waals surface area contributed by atoms with Crippen molar-refractivity contribution in [3.8, 4) is 0 Å². The zero-order valence-electron chi connectivity index (χ0n) is 11.4. The summed E-state index contributed by atoms with van der Waals surface area (Å²) in [6.07, 6.45) is 4.98. The summed E-state index contributed by atoms with van der Waals surface area (Å²) in [5, 5.41) is 3.52. The van der Waals surface area contributed by atoms with Crippen molar-refractivity contribution < 1.29 is 0 Å². The van der Waals surface area contributed by atoms with Crippen LogP contribution in [0.3, 0.4) is 0 Å². The van der Waals surface area contributed by atoms with E-state index in [1.807, 2.05) is 12.5 Å². The van der Waals surface area contributed by atoms with Gasteiger partial charge in [-0.15, -0.1) is 0 Å². The number of benzene rings is 1. The molecule has 0 radical (unpaired) electrons. The SMILES string of the molecule is CCCn1cncc1CNc1c(C)cccc1C. The molecule has 0 unspecified atom stereocenters. The molecule has 2 aromatic rings. The summed E-state index contributed by atoms with van der Waals surface area (Å²) in [6, 6.07) is 6.37. The fourth-order valence-electron chi connectivity index (χ4n) is 2.21. The summed E-state index contributed by atoms with van der Waals surface area (Å²) in [5.41, 5.74) is 5.05. The molecular formula is C15H21N3. The third-order valence-electron chi connectivity index (χ3n) is 3.19. The number of hydrogen-bond acceptors (Lipinski definition) is 2. The van der Waals surface area contributed by atoms with Crippen LogP contribution in [0.4, 0.5) is 5.69 Å². The molecule has 1 aromatic carbocycles. The fourth-order valence-corrected chi connectivity index (χ4v) is 2.21. The van der Waals surface area contributed by atoms with E-state index in [2.05, 4.69) is 53.8 Å². The van der Waals surface area contributed by atoms with Crippen molar-refractivity contribution >= 4 is 5.69 Å². The molecule has 0 saturated heterocycles. The van der Waals surface area contributed by atoms with Gasteiger partial charge in [0.15, 0.2) is 0 Å². The van der Waals surface area contributed by atoms with E-state index in [4.69, 9.17) is 0 Å². The molecule has 0 spiro atoms. The standard InChI is InChI=1S/C15H21N3/c1-4-8-18-11-16-9-14(18)10-17-15-12(2)6-5-7-13(15)3/h5-7,9,11,17H,4,8,10H2,1-3H3. The maximum atomic E-state index is 4.22. The van der Waals surface area contributed by atoms with Crippen molar-refractivity contribution in [1.82, 2.24) is 9.55 Å². The molecule has 0 bridgehead atoms. The first-order valence-corrected chi connectivity index (χ1v) is 6.51. The largest absolute Gasteiger partial charge is 0.379 e. The Bertz CT molecular complexity index is 494. The maximum Gasteiger partial charge on any atom is 0.0948 e. The van der Waals surface area contributed by atoms with Gasteiger partial charge in [-0.25, -0.2) is 4.98 Å². The van der Waals surface area contributed by atoms with Gasteiger partial charge in [-0.05, 0) is 31.4 Å². The first-order valence-electron chi connectivity index (χ1n) is 6.51. The highest BCUT2D eigenvalue weighted by molar-refractivity contribution is 5.56. The zero-order valence-corrected chi connectivity index (χ0v) is 11.4. The number of rotatable bonds is 5. The fraction of sp³-hybridized carbons (Fsp3) is 0.400. The van der Waals surface area contributed by atoms with Gasteiger partial charge in [-0.2, -0.15) is 0 Å². The van der Waals surface area contributed by atoms with E-state index in [-0.39, 0.29) is 0 Å². The normalized spacial score (nSPS) is 10.6. The van der Waals surface area contributed by atoms with E-state index in [1.54, 1.807) is 0 Å². The Labute approximate surface area is 109 Å². The lowest BCUT2D eigenvalue weighted by Crippen LogP contribution is -2.08. The number of para-hydroxylation sites is 1. The van der Waals surface area contributed by atoms with Crippen LogP contribution in [-0.4, -0.2) is 9.55 Å². The van der Waals surface area contributed by atoms with Crippen molar-refractivity contribution in [3.05, 3.63) is 47.5 Å². The topological polar surface area (TPSA) is 29.9 Å². The molecule has 96 valence electrons. The first kappa shape index (κ1) is 12.7. The molecule has 0 aliphatic carbocycles. The smallest absolute Gasteiger partial charge is 0.0948 e. The lowest BCUT2D eigenvalue weighted by Gasteiger charge is -2.13. The molecule has 18 heavy (non-hydrogen) atoms. The van der Waals surface area contributed by atoms with Gasteiger partial charge in [0, 0.05) is 18.4 Å². The average molecular weight is 243 g/mol. The molecule has 1 aromatic heterocycles. The van der Waals surface area contributed by atoms with Crippen molar-refractivity contribution in [2.75, 3.05) is 5.32 Å². The Morgan fingerprint density at radius 2 is 1.94 bits per heavy atom. The number of aromatic nitrogens is 2. The number of anilines is 1. The summed E-state index contributed by atoms with van der Waals surface area (Å²) in [5.74, 6) is 0. The van der Waals surface area contributed by atoms with Crippen molar-refractivity contribution in [3.63, 3.8) is 0 Å². The molecule has 1 heterocycles. The predicted molar refractivity (Wildman–Crippen MR) is 75.8 cm³/mol. The Morgan fingerprint density at radius 3 is 2.61 bits per heavy atom. The highest BCUT2D eigenvalue weighted by Crippen LogP contribution is 2.20. The average Bonchev–Trinajstić information content (AvgIpc) is 2.77. The number of hydrogen-bond donors (Lipinski definition) is 1. The number of imidazole rings is 1. The summed E-state index contributed by atoms with van der Waals surface area (Å²) < 4.78 is 2.21. The minimum absolute atomic E-state index is 0.825. The van der Waals surface area contributed by atoms with Crippen LogP contribution in [0.2, 0.25) is 0 Å². The van der Waals surface area contributed by atoms with Crippen molar-refractivity contribution in [1.29, 1.82) is 0 Å². The van der Waals surface area contributed by atoms with Crippen molar-refractivity contribution in [2.45, 2.75) is 40.3 Å². The number of nitrogens with zero attached hydrogens (tertiary/aromatic N) is 2. The van der Waals surface area contributed by atoms with Gasteiger partial charge in [0.25, 0.3) is 0 Å². The first-order chi connectivity index (χ1) is 8.72. The third-order valence-corrected chi connectivity index (χ3v) is 3.19. The quantitative estimate of drug-likeness (QED) is 0.870. The number of nitrogens with one attached hydrogen (secondary N) is 1. The van der Waals surface area contributed by atoms with Crippen LogP contribution in [-0.2, 0) is 13.1 Å². The Morgan fingerprint density at radius 1 is 1.22 bits per heavy atom. The molecule has 1 N–H and O–H groups in total. The van der Waals surface area contributed by atoms with Gasteiger partial charge in [-0.3, -0.25) is 0 Å². The van der Waals surface area contributed by atoms with Crippen LogP contribution in [0.15, 0.2) is 30.7 Å². The summed E-state index contributed by atoms with van der Waals surface area (Å²) in [6.45, 7) is 8.31. The second-order valence-electron chi connectivity index (χ2n) is 4.70. The van der Waals surface area contributed by atoms with Crippen LogP contribution >= 0.6 is 0 Å². The van der Waals surface area contributed by atoms with Gasteiger partial charge in [0.1, 0.15) is 0 Å². The predicted octanol–water partition coefficient (Wildman–Crippen LogP) is 3.52. The summed E-state index contributed by atoms with van der Waals surface area (Å²) >= 11 is 0. The summed E-state index contributed by atoms with van der Waals surface area (Å²) in [4.78, 5) is 4.22. The molecule has 0 amide bonds. The molecule has 0 aliphatic heterocycles. The molecular weight excluding hydrogens is 222 g/mol. The Hall–Kier alpha value is -1.77. The minimum atomic E-state index is 0.825. The minimum Gasteiger partial charge on any atom is -0.379 e. The van der Waals surface area contributed by atoms with E-state index in [1.165, 1.54) is 22.5 Å². The van der Waals surface area contributed by atoms with Crippen LogP contribution in [0.5, 0.6) is 0 Å². The second kappa shape index (κ2) is 5.71. The van der Waals surface area contributed by atoms with Crippen molar-refractivity contribution in [2.24, 2.45) is 0 Å². The Kier molecular flexibility index (Phi) is 4.03. The molecule has 3 heteroatoms. The summed E-state index contributed by atoms with van der Waals surface area (Å²) in [7, 11) is 0. The van der Waals surface area contributed by atoms with Crippen LogP contribution < -0.4 is 5.32 Å². The molecule has 0 saturated carbocycles. The second-order valence-corrected chi connectivity index (χ2v) is 4.70. The van der Waals surface area contributed by atoms with Crippen LogP contribution in [0, 0.1) is 13.8 Å². The molecule has 3 nitrogen and oxygen atoms in total.